The summed E-state index contributed by atoms with van der Waals surface area (Å²) < 4.78 is 1.08. The van der Waals surface area contributed by atoms with E-state index in [0.717, 1.165) is 44.5 Å². The second kappa shape index (κ2) is 4.72. The zero-order valence-corrected chi connectivity index (χ0v) is 11.7. The summed E-state index contributed by atoms with van der Waals surface area (Å²) in [7, 11) is 0. The molecule has 0 radical (unpaired) electrons. The van der Waals surface area contributed by atoms with Crippen LogP contribution in [0.25, 0.3) is 10.9 Å². The summed E-state index contributed by atoms with van der Waals surface area (Å²) in [6.45, 7) is 4.19. The molecule has 0 atom stereocenters. The van der Waals surface area contributed by atoms with Gasteiger partial charge in [0.25, 0.3) is 0 Å². The largest absolute Gasteiger partial charge is 0.251 e. The zero-order valence-electron chi connectivity index (χ0n) is 9.35. The maximum absolute atomic E-state index is 6.22. The Morgan fingerprint density at radius 2 is 2.06 bits per heavy atom. The molecule has 2 rings (SSSR count). The third kappa shape index (κ3) is 2.23. The highest BCUT2D eigenvalue weighted by atomic mass is 79.9. The van der Waals surface area contributed by atoms with Crippen LogP contribution < -0.4 is 0 Å². The molecule has 1 aromatic carbocycles. The predicted molar refractivity (Wildman–Crippen MR) is 73.2 cm³/mol. The first-order valence-corrected chi connectivity index (χ1v) is 6.54. The van der Waals surface area contributed by atoms with Gasteiger partial charge in [-0.1, -0.05) is 40.9 Å². The van der Waals surface area contributed by atoms with Crippen molar-refractivity contribution in [2.24, 2.45) is 0 Å². The van der Waals surface area contributed by atoms with Gasteiger partial charge in [0.1, 0.15) is 0 Å². The molecule has 0 aliphatic carbocycles. The van der Waals surface area contributed by atoms with Gasteiger partial charge in [-0.15, -0.1) is 0 Å². The first-order valence-electron chi connectivity index (χ1n) is 5.37. The highest BCUT2D eigenvalue weighted by molar-refractivity contribution is 9.10. The Bertz CT molecular complexity index is 537. The normalized spacial score (nSPS) is 11.0. The van der Waals surface area contributed by atoms with Crippen LogP contribution in [0.4, 0.5) is 0 Å². The van der Waals surface area contributed by atoms with E-state index in [-0.39, 0.29) is 0 Å². The minimum Gasteiger partial charge on any atom is -0.251 e. The van der Waals surface area contributed by atoms with E-state index in [4.69, 9.17) is 11.6 Å². The first kappa shape index (κ1) is 11.9. The molecule has 1 heterocycles. The van der Waals surface area contributed by atoms with Gasteiger partial charge in [0, 0.05) is 15.6 Å². The number of fused-ring (bicyclic) bond motifs is 1. The molecular weight excluding hydrogens is 286 g/mol. The molecular formula is C13H13BrClN. The number of aryl methyl sites for hydroxylation is 2. The van der Waals surface area contributed by atoms with Crippen LogP contribution in [0.5, 0.6) is 0 Å². The molecule has 0 N–H and O–H groups in total. The van der Waals surface area contributed by atoms with Crippen LogP contribution >= 0.6 is 27.5 Å². The van der Waals surface area contributed by atoms with Crippen LogP contribution in [0, 0.1) is 6.92 Å². The monoisotopic (exact) mass is 297 g/mol. The maximum atomic E-state index is 6.22. The van der Waals surface area contributed by atoms with Crippen molar-refractivity contribution in [1.29, 1.82) is 0 Å². The topological polar surface area (TPSA) is 12.9 Å². The number of aromatic nitrogens is 1. The van der Waals surface area contributed by atoms with Crippen molar-refractivity contribution in [2.45, 2.75) is 26.7 Å². The molecule has 0 aliphatic heterocycles. The number of nitrogens with zero attached hydrogens (tertiary/aromatic N) is 1. The molecule has 1 nitrogen and oxygen atoms in total. The number of pyridine rings is 1. The molecule has 0 bridgehead atoms. The van der Waals surface area contributed by atoms with Crippen molar-refractivity contribution >= 4 is 38.4 Å². The average molecular weight is 299 g/mol. The average Bonchev–Trinajstić information content (AvgIpc) is 2.20. The van der Waals surface area contributed by atoms with Gasteiger partial charge >= 0.3 is 0 Å². The molecule has 1 aromatic heterocycles. The van der Waals surface area contributed by atoms with Crippen LogP contribution in [0.1, 0.15) is 24.6 Å². The number of hydrogen-bond donors (Lipinski definition) is 0. The van der Waals surface area contributed by atoms with E-state index in [1.165, 1.54) is 0 Å². The third-order valence-corrected chi connectivity index (χ3v) is 3.46. The first-order chi connectivity index (χ1) is 7.61. The molecule has 0 fully saturated rings. The van der Waals surface area contributed by atoms with Crippen molar-refractivity contribution in [3.8, 4) is 0 Å². The minimum absolute atomic E-state index is 0.730. The second-order valence-corrected chi connectivity index (χ2v) is 5.25. The Labute approximate surface area is 109 Å². The fraction of sp³-hybridized carbons (Fsp3) is 0.308. The summed E-state index contributed by atoms with van der Waals surface area (Å²) in [6.07, 6.45) is 2.08. The van der Waals surface area contributed by atoms with Gasteiger partial charge in [0.2, 0.25) is 0 Å². The van der Waals surface area contributed by atoms with E-state index in [1.54, 1.807) is 0 Å². The number of hydrogen-bond acceptors (Lipinski definition) is 1. The van der Waals surface area contributed by atoms with Gasteiger partial charge in [-0.05, 0) is 37.1 Å². The maximum Gasteiger partial charge on any atom is 0.0902 e. The molecule has 2 aromatic rings. The molecule has 0 saturated heterocycles. The zero-order chi connectivity index (χ0) is 11.7. The third-order valence-electron chi connectivity index (χ3n) is 2.52. The van der Waals surface area contributed by atoms with Crippen LogP contribution in [-0.2, 0) is 6.42 Å². The van der Waals surface area contributed by atoms with Gasteiger partial charge in [-0.3, -0.25) is 4.98 Å². The summed E-state index contributed by atoms with van der Waals surface area (Å²) in [5, 5.41) is 1.82. The Morgan fingerprint density at radius 3 is 2.75 bits per heavy atom. The summed E-state index contributed by atoms with van der Waals surface area (Å²) in [5.74, 6) is 0. The molecule has 84 valence electrons. The van der Waals surface area contributed by atoms with Crippen molar-refractivity contribution < 1.29 is 0 Å². The summed E-state index contributed by atoms with van der Waals surface area (Å²) >= 11 is 9.81. The Hall–Kier alpha value is -0.600. The van der Waals surface area contributed by atoms with Crippen LogP contribution in [0.3, 0.4) is 0 Å². The SMILES string of the molecule is CCCc1cc(Br)c2cc(C)cc(Cl)c2n1. The summed E-state index contributed by atoms with van der Waals surface area (Å²) in [5.41, 5.74) is 3.14. The van der Waals surface area contributed by atoms with E-state index < -0.39 is 0 Å². The van der Waals surface area contributed by atoms with Gasteiger partial charge in [0.15, 0.2) is 0 Å². The van der Waals surface area contributed by atoms with Crippen molar-refractivity contribution in [2.75, 3.05) is 0 Å². The minimum atomic E-state index is 0.730. The van der Waals surface area contributed by atoms with Crippen molar-refractivity contribution in [3.63, 3.8) is 0 Å². The number of halogens is 2. The van der Waals surface area contributed by atoms with Crippen molar-refractivity contribution in [3.05, 3.63) is 39.0 Å². The smallest absolute Gasteiger partial charge is 0.0902 e. The number of benzene rings is 1. The van der Waals surface area contributed by atoms with Crippen LogP contribution in [0.2, 0.25) is 5.02 Å². The number of rotatable bonds is 2. The fourth-order valence-electron chi connectivity index (χ4n) is 1.81. The summed E-state index contributed by atoms with van der Waals surface area (Å²) in [4.78, 5) is 4.60. The second-order valence-electron chi connectivity index (χ2n) is 3.99. The van der Waals surface area contributed by atoms with Crippen LogP contribution in [0.15, 0.2) is 22.7 Å². The Morgan fingerprint density at radius 1 is 1.31 bits per heavy atom. The van der Waals surface area contributed by atoms with Gasteiger partial charge in [-0.2, -0.15) is 0 Å². The lowest BCUT2D eigenvalue weighted by Crippen LogP contribution is -1.92. The molecule has 0 spiro atoms. The van der Waals surface area contributed by atoms with Crippen LogP contribution in [-0.4, -0.2) is 4.98 Å². The molecule has 0 saturated carbocycles. The Kier molecular flexibility index (Phi) is 3.50. The van der Waals surface area contributed by atoms with Crippen molar-refractivity contribution in [1.82, 2.24) is 4.98 Å². The Balaban J connectivity index is 2.71. The van der Waals surface area contributed by atoms with E-state index >= 15 is 0 Å². The molecule has 16 heavy (non-hydrogen) atoms. The van der Waals surface area contributed by atoms with Gasteiger partial charge in [0.05, 0.1) is 10.5 Å². The lowest BCUT2D eigenvalue weighted by molar-refractivity contribution is 0.889. The van der Waals surface area contributed by atoms with E-state index in [2.05, 4.69) is 40.0 Å². The predicted octanol–water partition coefficient (Wildman–Crippen LogP) is 4.91. The van der Waals surface area contributed by atoms with Gasteiger partial charge < -0.3 is 0 Å². The van der Waals surface area contributed by atoms with E-state index in [9.17, 15) is 0 Å². The summed E-state index contributed by atoms with van der Waals surface area (Å²) in [6, 6.07) is 6.15. The highest BCUT2D eigenvalue weighted by Crippen LogP contribution is 2.30. The molecule has 0 amide bonds. The molecule has 0 aliphatic rings. The standard InChI is InChI=1S/C13H13BrClN/c1-3-4-9-7-11(14)10-5-8(2)6-12(15)13(10)16-9/h5-7H,3-4H2,1-2H3. The lowest BCUT2D eigenvalue weighted by atomic mass is 10.1. The quantitative estimate of drug-likeness (QED) is 0.767. The highest BCUT2D eigenvalue weighted by Gasteiger charge is 2.07. The fourth-order valence-corrected chi connectivity index (χ4v) is 2.70. The van der Waals surface area contributed by atoms with E-state index in [0.29, 0.717) is 0 Å². The molecule has 0 unspecified atom stereocenters. The molecule has 3 heteroatoms. The lowest BCUT2D eigenvalue weighted by Gasteiger charge is -2.07. The van der Waals surface area contributed by atoms with Gasteiger partial charge in [-0.25, -0.2) is 0 Å². The van der Waals surface area contributed by atoms with E-state index in [1.807, 2.05) is 13.0 Å².